The van der Waals surface area contributed by atoms with Gasteiger partial charge in [0.05, 0.1) is 17.8 Å². The van der Waals surface area contributed by atoms with Crippen molar-refractivity contribution in [2.45, 2.75) is 30.2 Å². The maximum atomic E-state index is 12.9. The summed E-state index contributed by atoms with van der Waals surface area (Å²) in [7, 11) is 1.87. The molecule has 1 aliphatic carbocycles. The number of benzene rings is 2. The minimum Gasteiger partial charge on any atom is -0.496 e. The molecule has 8 heteroatoms. The fourth-order valence-corrected chi connectivity index (χ4v) is 5.30. The molecule has 2 aromatic carbocycles. The van der Waals surface area contributed by atoms with E-state index in [1.54, 1.807) is 25.3 Å². The average Bonchev–Trinajstić information content (AvgIpc) is 2.63. The number of nitrogens with zero attached hydrogens (tertiary/aromatic N) is 1. The standard InChI is InChI=1S/C19H22Cl2N2O3S/c1-23(2)13-5-6-14-15(11-13)18(26-3)9-8-17(14)22-27(24,25)19-10-12(20)4-7-16(19)21/h4,7-10,13,22H,5-6,11H2,1-3H3. The van der Waals surface area contributed by atoms with E-state index in [9.17, 15) is 8.42 Å². The van der Waals surface area contributed by atoms with Gasteiger partial charge >= 0.3 is 0 Å². The van der Waals surface area contributed by atoms with Crippen molar-refractivity contribution in [1.82, 2.24) is 4.90 Å². The first-order chi connectivity index (χ1) is 12.7. The van der Waals surface area contributed by atoms with Crippen LogP contribution in [-0.2, 0) is 22.9 Å². The number of hydrogen-bond acceptors (Lipinski definition) is 4. The third-order valence-corrected chi connectivity index (χ3v) is 7.01. The van der Waals surface area contributed by atoms with E-state index in [4.69, 9.17) is 27.9 Å². The van der Waals surface area contributed by atoms with Gasteiger partial charge in [-0.25, -0.2) is 8.42 Å². The maximum absolute atomic E-state index is 12.9. The van der Waals surface area contributed by atoms with Crippen LogP contribution in [0.2, 0.25) is 10.0 Å². The predicted molar refractivity (Wildman–Crippen MR) is 110 cm³/mol. The van der Waals surface area contributed by atoms with Crippen LogP contribution < -0.4 is 9.46 Å². The molecule has 3 rings (SSSR count). The number of hydrogen-bond donors (Lipinski definition) is 1. The van der Waals surface area contributed by atoms with Crippen molar-refractivity contribution in [3.05, 3.63) is 51.5 Å². The van der Waals surface area contributed by atoms with E-state index in [0.717, 1.165) is 36.1 Å². The van der Waals surface area contributed by atoms with Gasteiger partial charge in [-0.05, 0) is 69.3 Å². The first-order valence-electron chi connectivity index (χ1n) is 8.56. The number of rotatable bonds is 5. The zero-order valence-electron chi connectivity index (χ0n) is 15.4. The van der Waals surface area contributed by atoms with Crippen molar-refractivity contribution in [2.24, 2.45) is 0 Å². The van der Waals surface area contributed by atoms with Crippen LogP contribution in [0.25, 0.3) is 0 Å². The van der Waals surface area contributed by atoms with Gasteiger partial charge < -0.3 is 9.64 Å². The van der Waals surface area contributed by atoms with Crippen LogP contribution in [0, 0.1) is 0 Å². The summed E-state index contributed by atoms with van der Waals surface area (Å²) < 4.78 is 34.0. The van der Waals surface area contributed by atoms with Crippen molar-refractivity contribution < 1.29 is 13.2 Å². The van der Waals surface area contributed by atoms with Crippen molar-refractivity contribution in [3.63, 3.8) is 0 Å². The van der Waals surface area contributed by atoms with E-state index in [1.807, 2.05) is 0 Å². The Hall–Kier alpha value is -1.47. The Bertz CT molecular complexity index is 962. The van der Waals surface area contributed by atoms with Gasteiger partial charge in [0.15, 0.2) is 0 Å². The molecule has 1 atom stereocenters. The van der Waals surface area contributed by atoms with Crippen molar-refractivity contribution in [1.29, 1.82) is 0 Å². The van der Waals surface area contributed by atoms with Gasteiger partial charge in [-0.1, -0.05) is 23.2 Å². The number of halogens is 2. The number of sulfonamides is 1. The van der Waals surface area contributed by atoms with Crippen LogP contribution in [0.3, 0.4) is 0 Å². The minimum absolute atomic E-state index is 0.0387. The molecule has 27 heavy (non-hydrogen) atoms. The Morgan fingerprint density at radius 3 is 2.56 bits per heavy atom. The second kappa shape index (κ2) is 7.87. The summed E-state index contributed by atoms with van der Waals surface area (Å²) in [5.41, 5.74) is 2.56. The number of methoxy groups -OCH3 is 1. The highest BCUT2D eigenvalue weighted by molar-refractivity contribution is 7.92. The molecule has 0 bridgehead atoms. The Morgan fingerprint density at radius 2 is 1.89 bits per heavy atom. The van der Waals surface area contributed by atoms with Crippen LogP contribution in [0.1, 0.15) is 17.5 Å². The zero-order valence-corrected chi connectivity index (χ0v) is 17.7. The van der Waals surface area contributed by atoms with E-state index in [1.165, 1.54) is 12.1 Å². The molecule has 0 aromatic heterocycles. The smallest absolute Gasteiger partial charge is 0.263 e. The van der Waals surface area contributed by atoms with Crippen LogP contribution in [0.15, 0.2) is 35.2 Å². The summed E-state index contributed by atoms with van der Waals surface area (Å²) in [6.45, 7) is 0. The molecule has 0 radical (unpaired) electrons. The monoisotopic (exact) mass is 428 g/mol. The molecule has 1 unspecified atom stereocenters. The molecule has 0 saturated heterocycles. The summed E-state index contributed by atoms with van der Waals surface area (Å²) >= 11 is 12.0. The van der Waals surface area contributed by atoms with Crippen LogP contribution in [0.4, 0.5) is 5.69 Å². The molecule has 2 aromatic rings. The zero-order chi connectivity index (χ0) is 19.8. The van der Waals surface area contributed by atoms with Gasteiger partial charge in [0.1, 0.15) is 10.6 Å². The molecule has 0 spiro atoms. The van der Waals surface area contributed by atoms with Crippen LogP contribution in [0.5, 0.6) is 5.75 Å². The third-order valence-electron chi connectivity index (χ3n) is 4.93. The summed E-state index contributed by atoms with van der Waals surface area (Å²) in [5, 5.41) is 0.437. The SMILES string of the molecule is COc1ccc(NS(=O)(=O)c2cc(Cl)ccc2Cl)c2c1CC(N(C)C)CC2. The van der Waals surface area contributed by atoms with Crippen molar-refractivity contribution in [3.8, 4) is 5.75 Å². The number of anilines is 1. The Kier molecular flexibility index (Phi) is 5.91. The summed E-state index contributed by atoms with van der Waals surface area (Å²) in [6, 6.07) is 8.31. The quantitative estimate of drug-likeness (QED) is 0.773. The van der Waals surface area contributed by atoms with E-state index in [0.29, 0.717) is 16.8 Å². The van der Waals surface area contributed by atoms with Crippen LogP contribution >= 0.6 is 23.2 Å². The van der Waals surface area contributed by atoms with E-state index in [-0.39, 0.29) is 9.92 Å². The second-order valence-electron chi connectivity index (χ2n) is 6.81. The number of ether oxygens (including phenoxy) is 1. The molecule has 0 amide bonds. The topological polar surface area (TPSA) is 58.6 Å². The molecule has 0 aliphatic heterocycles. The molecule has 0 fully saturated rings. The van der Waals surface area contributed by atoms with Gasteiger partial charge in [-0.2, -0.15) is 0 Å². The van der Waals surface area contributed by atoms with Gasteiger partial charge in [0.25, 0.3) is 10.0 Å². The largest absolute Gasteiger partial charge is 0.496 e. The Morgan fingerprint density at radius 1 is 1.15 bits per heavy atom. The lowest BCUT2D eigenvalue weighted by atomic mass is 9.86. The van der Waals surface area contributed by atoms with E-state index in [2.05, 4.69) is 23.7 Å². The predicted octanol–water partition coefficient (Wildman–Crippen LogP) is 4.22. The number of nitrogens with one attached hydrogen (secondary N) is 1. The molecule has 1 N–H and O–H groups in total. The maximum Gasteiger partial charge on any atom is 0.263 e. The lowest BCUT2D eigenvalue weighted by Crippen LogP contribution is -2.34. The first kappa shape index (κ1) is 20.3. The number of fused-ring (bicyclic) bond motifs is 1. The first-order valence-corrected chi connectivity index (χ1v) is 10.8. The lowest BCUT2D eigenvalue weighted by molar-refractivity contribution is 0.265. The molecule has 0 saturated carbocycles. The van der Waals surface area contributed by atoms with E-state index < -0.39 is 10.0 Å². The lowest BCUT2D eigenvalue weighted by Gasteiger charge is -2.32. The molecular weight excluding hydrogens is 407 g/mol. The normalized spacial score (nSPS) is 16.9. The van der Waals surface area contributed by atoms with Crippen LogP contribution in [-0.4, -0.2) is 40.6 Å². The highest BCUT2D eigenvalue weighted by Crippen LogP contribution is 2.37. The Balaban J connectivity index is 2.01. The van der Waals surface area contributed by atoms with Gasteiger partial charge in [0, 0.05) is 16.6 Å². The fourth-order valence-electron chi connectivity index (χ4n) is 3.44. The average molecular weight is 429 g/mol. The molecule has 1 aliphatic rings. The Labute approximate surface area is 170 Å². The van der Waals surface area contributed by atoms with Crippen molar-refractivity contribution >= 4 is 38.9 Å². The minimum atomic E-state index is -3.87. The fraction of sp³-hybridized carbons (Fsp3) is 0.368. The summed E-state index contributed by atoms with van der Waals surface area (Å²) in [4.78, 5) is 2.15. The van der Waals surface area contributed by atoms with Gasteiger partial charge in [0.2, 0.25) is 0 Å². The number of likely N-dealkylation sites (N-methyl/N-ethyl adjacent to an activating group) is 1. The van der Waals surface area contributed by atoms with E-state index >= 15 is 0 Å². The molecule has 146 valence electrons. The molecule has 5 nitrogen and oxygen atoms in total. The second-order valence-corrected chi connectivity index (χ2v) is 9.31. The van der Waals surface area contributed by atoms with Gasteiger partial charge in [-0.15, -0.1) is 0 Å². The highest BCUT2D eigenvalue weighted by Gasteiger charge is 2.27. The third kappa shape index (κ3) is 4.19. The summed E-state index contributed by atoms with van der Waals surface area (Å²) in [5.74, 6) is 0.778. The molecule has 0 heterocycles. The van der Waals surface area contributed by atoms with Gasteiger partial charge in [-0.3, -0.25) is 4.72 Å². The highest BCUT2D eigenvalue weighted by atomic mass is 35.5. The van der Waals surface area contributed by atoms with Crippen molar-refractivity contribution in [2.75, 3.05) is 25.9 Å². The summed E-state index contributed by atoms with van der Waals surface area (Å²) in [6.07, 6.45) is 2.51. The molecular formula is C19H22Cl2N2O3S.